The number of benzene rings is 3. The van der Waals surface area contributed by atoms with Crippen molar-refractivity contribution < 1.29 is 23.4 Å². The molecule has 0 atom stereocenters. The van der Waals surface area contributed by atoms with Crippen LogP contribution < -0.4 is 19.7 Å². The molecule has 1 aliphatic heterocycles. The molecule has 0 spiro atoms. The number of ether oxygens (including phenoxy) is 3. The SMILES string of the molecule is [C-]#[N+]c1ccc(-c2c(C#N)cc(N3CCC(NC(=O)OC(C)(C)C)CC3)nc2-c2ccc(OC)c(OCc3ccccc3)c2)cc1F. The first kappa shape index (κ1) is 32.8. The van der Waals surface area contributed by atoms with Crippen LogP contribution in [0.25, 0.3) is 27.2 Å². The topological polar surface area (TPSA) is 101 Å². The van der Waals surface area contributed by atoms with Gasteiger partial charge in [-0.1, -0.05) is 42.5 Å². The highest BCUT2D eigenvalue weighted by Crippen LogP contribution is 2.40. The molecule has 1 saturated heterocycles. The minimum Gasteiger partial charge on any atom is -0.493 e. The summed E-state index contributed by atoms with van der Waals surface area (Å²) in [7, 11) is 1.56. The normalized spacial score (nSPS) is 13.3. The van der Waals surface area contributed by atoms with Crippen molar-refractivity contribution in [2.75, 3.05) is 25.1 Å². The number of alkyl carbamates (subject to hydrolysis) is 1. The van der Waals surface area contributed by atoms with Crippen LogP contribution >= 0.6 is 0 Å². The maximum Gasteiger partial charge on any atom is 0.407 e. The summed E-state index contributed by atoms with van der Waals surface area (Å²) in [5.41, 5.74) is 2.53. The van der Waals surface area contributed by atoms with E-state index in [1.807, 2.05) is 57.2 Å². The number of carbonyl (C=O) groups excluding carboxylic acids is 1. The largest absolute Gasteiger partial charge is 0.493 e. The van der Waals surface area contributed by atoms with Crippen LogP contribution in [-0.4, -0.2) is 42.9 Å². The molecule has 4 aromatic rings. The number of nitrogens with zero attached hydrogens (tertiary/aromatic N) is 4. The minimum absolute atomic E-state index is 0.0647. The van der Waals surface area contributed by atoms with Gasteiger partial charge >= 0.3 is 6.09 Å². The van der Waals surface area contributed by atoms with Gasteiger partial charge in [0.15, 0.2) is 11.5 Å². The van der Waals surface area contributed by atoms with Crippen molar-refractivity contribution in [3.63, 3.8) is 0 Å². The number of carbonyl (C=O) groups is 1. The third kappa shape index (κ3) is 7.98. The highest BCUT2D eigenvalue weighted by atomic mass is 19.1. The van der Waals surface area contributed by atoms with Gasteiger partial charge in [-0.15, -0.1) is 0 Å². The summed E-state index contributed by atoms with van der Waals surface area (Å²) in [6, 6.07) is 23.4. The third-order valence-corrected chi connectivity index (χ3v) is 7.70. The minimum atomic E-state index is -0.683. The zero-order valence-corrected chi connectivity index (χ0v) is 26.8. The lowest BCUT2D eigenvalue weighted by molar-refractivity contribution is 0.0497. The fraction of sp³-hybridized carbons (Fsp3) is 0.297. The van der Waals surface area contributed by atoms with Gasteiger partial charge < -0.3 is 24.4 Å². The fourth-order valence-corrected chi connectivity index (χ4v) is 5.44. The second kappa shape index (κ2) is 14.2. The number of rotatable bonds is 8. The number of piperidine rings is 1. The van der Waals surface area contributed by atoms with Crippen LogP contribution in [0.3, 0.4) is 0 Å². The standard InChI is InChI=1S/C37H36FN5O4/c1-37(2,3)47-36(44)41-28-15-17-43(18-16-28)33-21-27(22-39)34(25-11-13-30(40-4)29(38)19-25)35(42-33)26-12-14-31(45-5)32(20-26)46-23-24-9-7-6-8-10-24/h6-14,19-21,28H,15-18,23H2,1-3,5H3,(H,41,44). The van der Waals surface area contributed by atoms with Gasteiger partial charge in [-0.2, -0.15) is 5.26 Å². The van der Waals surface area contributed by atoms with Crippen LogP contribution in [0.1, 0.15) is 44.7 Å². The van der Waals surface area contributed by atoms with Crippen molar-refractivity contribution in [3.8, 4) is 40.0 Å². The molecule has 0 aliphatic carbocycles. The molecule has 240 valence electrons. The monoisotopic (exact) mass is 633 g/mol. The Balaban J connectivity index is 1.53. The Morgan fingerprint density at radius 2 is 1.79 bits per heavy atom. The van der Waals surface area contributed by atoms with Crippen molar-refractivity contribution in [1.82, 2.24) is 10.3 Å². The Labute approximate surface area is 274 Å². The maximum absolute atomic E-state index is 14.9. The summed E-state index contributed by atoms with van der Waals surface area (Å²) in [6.45, 7) is 14.2. The highest BCUT2D eigenvalue weighted by Gasteiger charge is 2.26. The summed E-state index contributed by atoms with van der Waals surface area (Å²) >= 11 is 0. The molecule has 0 unspecified atom stereocenters. The van der Waals surface area contributed by atoms with Gasteiger partial charge in [0.05, 0.1) is 31.0 Å². The number of anilines is 1. The molecule has 10 heteroatoms. The number of halogens is 1. The molecule has 9 nitrogen and oxygen atoms in total. The van der Waals surface area contributed by atoms with E-state index in [1.54, 1.807) is 31.4 Å². The first-order valence-electron chi connectivity index (χ1n) is 15.3. The predicted molar refractivity (Wildman–Crippen MR) is 178 cm³/mol. The molecule has 3 aromatic carbocycles. The Hall–Kier alpha value is -5.61. The first-order valence-corrected chi connectivity index (χ1v) is 15.3. The van der Waals surface area contributed by atoms with Crippen molar-refractivity contribution in [2.45, 2.75) is 51.9 Å². The first-order chi connectivity index (χ1) is 22.6. The van der Waals surface area contributed by atoms with Crippen LogP contribution in [0, 0.1) is 23.7 Å². The van der Waals surface area contributed by atoms with Crippen molar-refractivity contribution in [3.05, 3.63) is 101 Å². The van der Waals surface area contributed by atoms with Crippen LogP contribution in [0.2, 0.25) is 0 Å². The van der Waals surface area contributed by atoms with Crippen LogP contribution in [0.5, 0.6) is 11.5 Å². The number of amides is 1. The second-order valence-electron chi connectivity index (χ2n) is 12.2. The smallest absolute Gasteiger partial charge is 0.407 e. The van der Waals surface area contributed by atoms with Gasteiger partial charge in [0.25, 0.3) is 0 Å². The second-order valence-corrected chi connectivity index (χ2v) is 12.2. The lowest BCUT2D eigenvalue weighted by Crippen LogP contribution is -2.46. The van der Waals surface area contributed by atoms with Crippen molar-refractivity contribution in [2.24, 2.45) is 0 Å². The van der Waals surface area contributed by atoms with E-state index in [0.29, 0.717) is 77.8 Å². The molecule has 47 heavy (non-hydrogen) atoms. The molecular formula is C37H36FN5O4. The molecule has 1 N–H and O–H groups in total. The zero-order chi connectivity index (χ0) is 33.6. The molecule has 1 fully saturated rings. The van der Waals surface area contributed by atoms with E-state index < -0.39 is 17.5 Å². The molecule has 1 aromatic heterocycles. The number of hydrogen-bond acceptors (Lipinski definition) is 7. The molecule has 0 radical (unpaired) electrons. The molecule has 2 heterocycles. The predicted octanol–water partition coefficient (Wildman–Crippen LogP) is 8.06. The lowest BCUT2D eigenvalue weighted by Gasteiger charge is -2.34. The zero-order valence-electron chi connectivity index (χ0n) is 26.8. The van der Waals surface area contributed by atoms with Crippen LogP contribution in [-0.2, 0) is 11.3 Å². The average molecular weight is 634 g/mol. The molecule has 0 saturated carbocycles. The summed E-state index contributed by atoms with van der Waals surface area (Å²) in [5, 5.41) is 13.3. The molecular weight excluding hydrogens is 597 g/mol. The summed E-state index contributed by atoms with van der Waals surface area (Å²) in [4.78, 5) is 22.7. The van der Waals surface area contributed by atoms with E-state index in [9.17, 15) is 14.4 Å². The quantitative estimate of drug-likeness (QED) is 0.196. The van der Waals surface area contributed by atoms with Crippen molar-refractivity contribution >= 4 is 17.6 Å². The van der Waals surface area contributed by atoms with Gasteiger partial charge in [0.1, 0.15) is 23.8 Å². The highest BCUT2D eigenvalue weighted by molar-refractivity contribution is 5.87. The molecule has 0 bridgehead atoms. The van der Waals surface area contributed by atoms with E-state index >= 15 is 0 Å². The third-order valence-electron chi connectivity index (χ3n) is 7.70. The number of nitriles is 1. The van der Waals surface area contributed by atoms with Gasteiger partial charge in [0.2, 0.25) is 5.69 Å². The van der Waals surface area contributed by atoms with Crippen LogP contribution in [0.15, 0.2) is 72.8 Å². The van der Waals surface area contributed by atoms with E-state index in [0.717, 1.165) is 5.56 Å². The summed E-state index contributed by atoms with van der Waals surface area (Å²) in [6.07, 6.45) is 0.862. The molecule has 5 rings (SSSR count). The Bertz CT molecular complexity index is 1830. The fourth-order valence-electron chi connectivity index (χ4n) is 5.44. The van der Waals surface area contributed by atoms with Crippen LogP contribution in [0.4, 0.5) is 20.7 Å². The van der Waals surface area contributed by atoms with Gasteiger partial charge in [-0.3, -0.25) is 0 Å². The number of nitrogens with one attached hydrogen (secondary N) is 1. The molecule has 1 amide bonds. The lowest BCUT2D eigenvalue weighted by atomic mass is 9.94. The Kier molecular flexibility index (Phi) is 9.91. The average Bonchev–Trinajstić information content (AvgIpc) is 3.06. The van der Waals surface area contributed by atoms with Gasteiger partial charge in [0, 0.05) is 30.3 Å². The van der Waals surface area contributed by atoms with Gasteiger partial charge in [-0.05, 0) is 75.1 Å². The number of methoxy groups -OCH3 is 1. The number of aromatic nitrogens is 1. The van der Waals surface area contributed by atoms with E-state index in [-0.39, 0.29) is 11.7 Å². The van der Waals surface area contributed by atoms with E-state index in [2.05, 4.69) is 21.1 Å². The molecule has 1 aliphatic rings. The number of pyridine rings is 1. The van der Waals surface area contributed by atoms with E-state index in [4.69, 9.17) is 25.8 Å². The Morgan fingerprint density at radius 1 is 1.06 bits per heavy atom. The summed E-state index contributed by atoms with van der Waals surface area (Å²) in [5.74, 6) is 0.901. The van der Waals surface area contributed by atoms with Crippen molar-refractivity contribution in [1.29, 1.82) is 5.26 Å². The Morgan fingerprint density at radius 3 is 2.43 bits per heavy atom. The van der Waals surface area contributed by atoms with Gasteiger partial charge in [-0.25, -0.2) is 19.0 Å². The number of hydrogen-bond donors (Lipinski definition) is 1. The van der Waals surface area contributed by atoms with E-state index in [1.165, 1.54) is 12.1 Å². The maximum atomic E-state index is 14.9. The summed E-state index contributed by atoms with van der Waals surface area (Å²) < 4.78 is 32.1.